The Morgan fingerprint density at radius 1 is 1.52 bits per heavy atom. The van der Waals surface area contributed by atoms with Gasteiger partial charge in [0.1, 0.15) is 5.15 Å². The lowest BCUT2D eigenvalue weighted by Gasteiger charge is -2.31. The molecule has 0 aliphatic carbocycles. The molecule has 1 aliphatic rings. The number of hydrogen-bond donors (Lipinski definition) is 0. The number of carbonyl (C=O) groups excluding carboxylic acids is 1. The van der Waals surface area contributed by atoms with Crippen molar-refractivity contribution in [1.82, 2.24) is 9.88 Å². The lowest BCUT2D eigenvalue weighted by molar-refractivity contribution is -0.150. The molecule has 2 rings (SSSR count). The van der Waals surface area contributed by atoms with Crippen molar-refractivity contribution in [3.8, 4) is 0 Å². The van der Waals surface area contributed by atoms with E-state index in [0.29, 0.717) is 29.9 Å². The molecule has 1 aromatic heterocycles. The summed E-state index contributed by atoms with van der Waals surface area (Å²) in [5, 5.41) is 1.07. The van der Waals surface area contributed by atoms with Crippen LogP contribution < -0.4 is 0 Å². The second-order valence-corrected chi connectivity index (χ2v) is 6.11. The molecule has 4 nitrogen and oxygen atoms in total. The Hall–Kier alpha value is -0.840. The van der Waals surface area contributed by atoms with Crippen LogP contribution in [0.25, 0.3) is 0 Å². The molecule has 21 heavy (non-hydrogen) atoms. The van der Waals surface area contributed by atoms with Crippen LogP contribution in [-0.4, -0.2) is 35.5 Å². The van der Waals surface area contributed by atoms with Gasteiger partial charge < -0.3 is 4.74 Å². The molecule has 2 heterocycles. The van der Waals surface area contributed by atoms with Crippen LogP contribution in [0.4, 0.5) is 0 Å². The van der Waals surface area contributed by atoms with Gasteiger partial charge in [0.15, 0.2) is 0 Å². The third-order valence-electron chi connectivity index (χ3n) is 3.65. The molecule has 1 aliphatic heterocycles. The summed E-state index contributed by atoms with van der Waals surface area (Å²) < 4.78 is 5.11. The Morgan fingerprint density at radius 2 is 2.29 bits per heavy atom. The van der Waals surface area contributed by atoms with E-state index >= 15 is 0 Å². The molecule has 0 unspecified atom stereocenters. The molecule has 1 fully saturated rings. The number of aryl methyl sites for hydroxylation is 1. The molecule has 0 aromatic carbocycles. The van der Waals surface area contributed by atoms with Crippen LogP contribution in [0.2, 0.25) is 10.2 Å². The van der Waals surface area contributed by atoms with Gasteiger partial charge in [0.2, 0.25) is 0 Å². The molecule has 0 N–H and O–H groups in total. The quantitative estimate of drug-likeness (QED) is 0.626. The number of carbonyl (C=O) groups is 1. The summed E-state index contributed by atoms with van der Waals surface area (Å²) in [6.07, 6.45) is 1.85. The molecular formula is C15H20Cl2N2O2. The number of piperidine rings is 1. The summed E-state index contributed by atoms with van der Waals surface area (Å²) >= 11 is 12.4. The zero-order valence-electron chi connectivity index (χ0n) is 12.4. The standard InChI is InChI=1S/C15H20Cl2N2O2/c1-3-21-15(20)11-5-4-6-19(8-11)9-12-13(16)7-10(2)18-14(12)17/h7,11H,3-6,8-9H2,1-2H3/t11-/m0/s1. The predicted octanol–water partition coefficient (Wildman–Crippen LogP) is 3.47. The first kappa shape index (κ1) is 16.5. The van der Waals surface area contributed by atoms with Gasteiger partial charge in [-0.2, -0.15) is 0 Å². The van der Waals surface area contributed by atoms with Gasteiger partial charge in [-0.05, 0) is 39.3 Å². The minimum Gasteiger partial charge on any atom is -0.466 e. The molecule has 1 aromatic rings. The summed E-state index contributed by atoms with van der Waals surface area (Å²) in [5.74, 6) is -0.170. The van der Waals surface area contributed by atoms with Gasteiger partial charge in [-0.15, -0.1) is 0 Å². The molecule has 0 radical (unpaired) electrons. The van der Waals surface area contributed by atoms with E-state index in [-0.39, 0.29) is 11.9 Å². The van der Waals surface area contributed by atoms with Crippen molar-refractivity contribution in [3.63, 3.8) is 0 Å². The van der Waals surface area contributed by atoms with Gasteiger partial charge in [-0.1, -0.05) is 23.2 Å². The summed E-state index contributed by atoms with van der Waals surface area (Å²) in [6.45, 7) is 6.33. The van der Waals surface area contributed by atoms with Crippen LogP contribution in [0, 0.1) is 12.8 Å². The molecule has 0 saturated carbocycles. The predicted molar refractivity (Wildman–Crippen MR) is 83.6 cm³/mol. The number of halogens is 2. The number of hydrogen-bond acceptors (Lipinski definition) is 4. The highest BCUT2D eigenvalue weighted by atomic mass is 35.5. The van der Waals surface area contributed by atoms with E-state index in [4.69, 9.17) is 27.9 Å². The minimum absolute atomic E-state index is 0.0605. The highest BCUT2D eigenvalue weighted by Gasteiger charge is 2.27. The van der Waals surface area contributed by atoms with E-state index in [1.54, 1.807) is 0 Å². The van der Waals surface area contributed by atoms with Crippen molar-refractivity contribution in [1.29, 1.82) is 0 Å². The topological polar surface area (TPSA) is 42.4 Å². The fourth-order valence-corrected chi connectivity index (χ4v) is 3.29. The Balaban J connectivity index is 2.04. The van der Waals surface area contributed by atoms with Gasteiger partial charge in [-0.3, -0.25) is 9.69 Å². The Kier molecular flexibility index (Phi) is 5.85. The highest BCUT2D eigenvalue weighted by molar-refractivity contribution is 6.35. The van der Waals surface area contributed by atoms with Crippen molar-refractivity contribution in [2.24, 2.45) is 5.92 Å². The first-order valence-electron chi connectivity index (χ1n) is 7.21. The molecule has 0 spiro atoms. The summed E-state index contributed by atoms with van der Waals surface area (Å²) in [6, 6.07) is 1.82. The highest BCUT2D eigenvalue weighted by Crippen LogP contribution is 2.27. The van der Waals surface area contributed by atoms with Crippen molar-refractivity contribution in [3.05, 3.63) is 27.5 Å². The van der Waals surface area contributed by atoms with E-state index in [2.05, 4.69) is 9.88 Å². The van der Waals surface area contributed by atoms with Gasteiger partial charge in [0.25, 0.3) is 0 Å². The molecule has 0 bridgehead atoms. The maximum Gasteiger partial charge on any atom is 0.310 e. The average Bonchev–Trinajstić information content (AvgIpc) is 2.43. The van der Waals surface area contributed by atoms with Crippen LogP contribution >= 0.6 is 23.2 Å². The van der Waals surface area contributed by atoms with Gasteiger partial charge >= 0.3 is 5.97 Å². The van der Waals surface area contributed by atoms with E-state index in [0.717, 1.165) is 30.6 Å². The third kappa shape index (κ3) is 4.31. The molecule has 116 valence electrons. The summed E-state index contributed by atoms with van der Waals surface area (Å²) in [5.41, 5.74) is 1.63. The molecule has 0 amide bonds. The number of likely N-dealkylation sites (tertiary alicyclic amines) is 1. The number of ether oxygens (including phenoxy) is 1. The van der Waals surface area contributed by atoms with E-state index < -0.39 is 0 Å². The summed E-state index contributed by atoms with van der Waals surface area (Å²) in [4.78, 5) is 18.3. The second-order valence-electron chi connectivity index (χ2n) is 5.34. The van der Waals surface area contributed by atoms with Crippen LogP contribution in [0.3, 0.4) is 0 Å². The zero-order chi connectivity index (χ0) is 15.4. The molecule has 1 saturated heterocycles. The fourth-order valence-electron chi connectivity index (χ4n) is 2.64. The molecule has 6 heteroatoms. The van der Waals surface area contributed by atoms with Gasteiger partial charge in [-0.25, -0.2) is 4.98 Å². The Labute approximate surface area is 135 Å². The van der Waals surface area contributed by atoms with Crippen LogP contribution in [0.5, 0.6) is 0 Å². The van der Waals surface area contributed by atoms with Gasteiger partial charge in [0.05, 0.1) is 12.5 Å². The largest absolute Gasteiger partial charge is 0.466 e. The molecule has 1 atom stereocenters. The Morgan fingerprint density at radius 3 is 2.95 bits per heavy atom. The number of nitrogens with zero attached hydrogens (tertiary/aromatic N) is 2. The Bertz CT molecular complexity index is 499. The third-order valence-corrected chi connectivity index (χ3v) is 4.30. The lowest BCUT2D eigenvalue weighted by atomic mass is 9.98. The lowest BCUT2D eigenvalue weighted by Crippen LogP contribution is -2.39. The minimum atomic E-state index is -0.110. The zero-order valence-corrected chi connectivity index (χ0v) is 13.9. The van der Waals surface area contributed by atoms with Gasteiger partial charge in [0, 0.05) is 29.4 Å². The summed E-state index contributed by atoms with van der Waals surface area (Å²) in [7, 11) is 0. The van der Waals surface area contributed by atoms with Crippen LogP contribution in [0.15, 0.2) is 6.07 Å². The number of esters is 1. The number of rotatable bonds is 4. The fraction of sp³-hybridized carbons (Fsp3) is 0.600. The smallest absolute Gasteiger partial charge is 0.310 e. The monoisotopic (exact) mass is 330 g/mol. The number of pyridine rings is 1. The van der Waals surface area contributed by atoms with Crippen molar-refractivity contribution >= 4 is 29.2 Å². The SMILES string of the molecule is CCOC(=O)[C@H]1CCCN(Cc2c(Cl)cc(C)nc2Cl)C1. The van der Waals surface area contributed by atoms with Crippen LogP contribution in [0.1, 0.15) is 31.0 Å². The van der Waals surface area contributed by atoms with E-state index in [1.807, 2.05) is 19.9 Å². The van der Waals surface area contributed by atoms with Crippen LogP contribution in [-0.2, 0) is 16.1 Å². The second kappa shape index (κ2) is 7.43. The maximum atomic E-state index is 11.9. The number of aromatic nitrogens is 1. The maximum absolute atomic E-state index is 11.9. The molecular weight excluding hydrogens is 311 g/mol. The first-order chi connectivity index (χ1) is 10.0. The first-order valence-corrected chi connectivity index (χ1v) is 7.97. The van der Waals surface area contributed by atoms with Crippen molar-refractivity contribution < 1.29 is 9.53 Å². The normalized spacial score (nSPS) is 19.5. The van der Waals surface area contributed by atoms with Crippen molar-refractivity contribution in [2.45, 2.75) is 33.2 Å². The van der Waals surface area contributed by atoms with Crippen molar-refractivity contribution in [2.75, 3.05) is 19.7 Å². The van der Waals surface area contributed by atoms with E-state index in [9.17, 15) is 4.79 Å². The average molecular weight is 331 g/mol. The van der Waals surface area contributed by atoms with E-state index in [1.165, 1.54) is 0 Å².